The van der Waals surface area contributed by atoms with Crippen LogP contribution in [0.3, 0.4) is 0 Å². The molecule has 0 aromatic heterocycles. The molecule has 0 aliphatic carbocycles. The van der Waals surface area contributed by atoms with Gasteiger partial charge in [-0.1, -0.05) is 0 Å². The second-order valence-corrected chi connectivity index (χ2v) is 5.42. The third-order valence-electron chi connectivity index (χ3n) is 3.31. The summed E-state index contributed by atoms with van der Waals surface area (Å²) in [4.78, 5) is 13.9. The van der Waals surface area contributed by atoms with Crippen LogP contribution in [-0.2, 0) is 4.74 Å². The van der Waals surface area contributed by atoms with E-state index >= 15 is 0 Å². The Labute approximate surface area is 120 Å². The molecule has 2 rings (SSSR count). The highest BCUT2D eigenvalue weighted by Crippen LogP contribution is 2.24. The van der Waals surface area contributed by atoms with Gasteiger partial charge in [0.1, 0.15) is 5.82 Å². The Morgan fingerprint density at radius 2 is 2.26 bits per heavy atom. The predicted octanol–water partition coefficient (Wildman–Crippen LogP) is 3.23. The van der Waals surface area contributed by atoms with Gasteiger partial charge in [0.25, 0.3) is 0 Å². The Morgan fingerprint density at radius 1 is 1.53 bits per heavy atom. The first kappa shape index (κ1) is 14.3. The second kappa shape index (κ2) is 5.88. The fraction of sp³-hybridized carbons (Fsp3) is 0.462. The van der Waals surface area contributed by atoms with E-state index < -0.39 is 0 Å². The molecule has 0 spiro atoms. The molecular weight excluding hydrogens is 315 g/mol. The number of anilines is 1. The summed E-state index contributed by atoms with van der Waals surface area (Å²) in [6.45, 7) is 4.92. The van der Waals surface area contributed by atoms with Gasteiger partial charge in [0.15, 0.2) is 0 Å². The fourth-order valence-electron chi connectivity index (χ4n) is 2.00. The van der Waals surface area contributed by atoms with Gasteiger partial charge in [-0.3, -0.25) is 0 Å². The number of ether oxygens (including phenoxy) is 1. The minimum absolute atomic E-state index is 0.00421. The highest BCUT2D eigenvalue weighted by molar-refractivity contribution is 9.10. The lowest BCUT2D eigenvalue weighted by Crippen LogP contribution is -2.52. The van der Waals surface area contributed by atoms with Crippen LogP contribution in [0.25, 0.3) is 0 Å². The molecule has 0 radical (unpaired) electrons. The molecular formula is C13H16BrFN2O2. The van der Waals surface area contributed by atoms with Crippen molar-refractivity contribution in [3.63, 3.8) is 0 Å². The number of hydrogen-bond acceptors (Lipinski definition) is 2. The van der Waals surface area contributed by atoms with Gasteiger partial charge in [-0.2, -0.15) is 0 Å². The molecule has 2 amide bonds. The van der Waals surface area contributed by atoms with E-state index in [0.29, 0.717) is 23.3 Å². The van der Waals surface area contributed by atoms with E-state index in [1.807, 2.05) is 13.8 Å². The molecule has 6 heteroatoms. The van der Waals surface area contributed by atoms with Gasteiger partial charge in [-0.05, 0) is 48.0 Å². The minimum Gasteiger partial charge on any atom is -0.375 e. The zero-order valence-corrected chi connectivity index (χ0v) is 12.4. The van der Waals surface area contributed by atoms with E-state index in [0.717, 1.165) is 0 Å². The smallest absolute Gasteiger partial charge is 0.322 e. The van der Waals surface area contributed by atoms with E-state index in [2.05, 4.69) is 21.2 Å². The van der Waals surface area contributed by atoms with E-state index in [9.17, 15) is 9.18 Å². The van der Waals surface area contributed by atoms with Crippen molar-refractivity contribution in [2.75, 3.05) is 18.5 Å². The van der Waals surface area contributed by atoms with E-state index in [-0.39, 0.29) is 24.0 Å². The Balaban J connectivity index is 2.10. The molecule has 4 nitrogen and oxygen atoms in total. The number of rotatable bonds is 1. The molecule has 0 saturated carbocycles. The second-order valence-electron chi connectivity index (χ2n) is 4.56. The van der Waals surface area contributed by atoms with Crippen LogP contribution in [-0.4, -0.2) is 36.2 Å². The van der Waals surface area contributed by atoms with Crippen LogP contribution >= 0.6 is 15.9 Å². The maximum atomic E-state index is 13.2. The molecule has 104 valence electrons. The van der Waals surface area contributed by atoms with Gasteiger partial charge in [0.2, 0.25) is 0 Å². The van der Waals surface area contributed by atoms with E-state index in [1.165, 1.54) is 12.1 Å². The summed E-state index contributed by atoms with van der Waals surface area (Å²) < 4.78 is 19.3. The lowest BCUT2D eigenvalue weighted by atomic mass is 10.1. The third-order valence-corrected chi connectivity index (χ3v) is 4.01. The minimum atomic E-state index is -0.387. The molecule has 1 aliphatic heterocycles. The third kappa shape index (κ3) is 3.25. The van der Waals surface area contributed by atoms with Gasteiger partial charge in [-0.25, -0.2) is 9.18 Å². The number of amides is 2. The topological polar surface area (TPSA) is 41.6 Å². The summed E-state index contributed by atoms with van der Waals surface area (Å²) in [5.41, 5.74) is 0.427. The number of carbonyl (C=O) groups excluding carboxylic acids is 1. The summed E-state index contributed by atoms with van der Waals surface area (Å²) in [5.74, 6) is -0.387. The van der Waals surface area contributed by atoms with Crippen LogP contribution in [0, 0.1) is 5.82 Å². The van der Waals surface area contributed by atoms with Crippen LogP contribution in [0.15, 0.2) is 22.7 Å². The van der Waals surface area contributed by atoms with Gasteiger partial charge < -0.3 is 15.0 Å². The molecule has 19 heavy (non-hydrogen) atoms. The van der Waals surface area contributed by atoms with Gasteiger partial charge in [0, 0.05) is 11.0 Å². The molecule has 1 aromatic rings. The SMILES string of the molecule is C[C@H]1OCCN(C(=O)Nc2cc(F)ccc2Br)[C@H]1C. The average Bonchev–Trinajstić information content (AvgIpc) is 2.37. The van der Waals surface area contributed by atoms with Gasteiger partial charge in [0.05, 0.1) is 24.4 Å². The molecule has 1 saturated heterocycles. The largest absolute Gasteiger partial charge is 0.375 e. The van der Waals surface area contributed by atoms with Crippen molar-refractivity contribution in [2.24, 2.45) is 0 Å². The van der Waals surface area contributed by atoms with Crippen molar-refractivity contribution in [3.05, 3.63) is 28.5 Å². The van der Waals surface area contributed by atoms with Crippen LogP contribution < -0.4 is 5.32 Å². The van der Waals surface area contributed by atoms with Crippen molar-refractivity contribution in [1.29, 1.82) is 0 Å². The molecule has 2 atom stereocenters. The summed E-state index contributed by atoms with van der Waals surface area (Å²) in [6, 6.07) is 3.93. The van der Waals surface area contributed by atoms with Crippen LogP contribution in [0.4, 0.5) is 14.9 Å². The first-order valence-electron chi connectivity index (χ1n) is 6.13. The van der Waals surface area contributed by atoms with Crippen LogP contribution in [0.5, 0.6) is 0 Å². The monoisotopic (exact) mass is 330 g/mol. The highest BCUT2D eigenvalue weighted by Gasteiger charge is 2.29. The predicted molar refractivity (Wildman–Crippen MR) is 74.7 cm³/mol. The lowest BCUT2D eigenvalue weighted by Gasteiger charge is -2.37. The fourth-order valence-corrected chi connectivity index (χ4v) is 2.35. The number of carbonyl (C=O) groups is 1. The molecule has 1 fully saturated rings. The Morgan fingerprint density at radius 3 is 3.00 bits per heavy atom. The Hall–Kier alpha value is -1.14. The average molecular weight is 331 g/mol. The van der Waals surface area contributed by atoms with E-state index in [1.54, 1.807) is 11.0 Å². The van der Waals surface area contributed by atoms with Crippen molar-refractivity contribution in [1.82, 2.24) is 4.90 Å². The normalized spacial score (nSPS) is 23.3. The molecule has 1 aromatic carbocycles. The first-order valence-corrected chi connectivity index (χ1v) is 6.92. The lowest BCUT2D eigenvalue weighted by molar-refractivity contribution is -0.0355. The molecule has 0 bridgehead atoms. The quantitative estimate of drug-likeness (QED) is 0.858. The van der Waals surface area contributed by atoms with Crippen molar-refractivity contribution < 1.29 is 13.9 Å². The summed E-state index contributed by atoms with van der Waals surface area (Å²) in [6.07, 6.45) is -0.00421. The number of morpholine rings is 1. The number of halogens is 2. The number of nitrogens with one attached hydrogen (secondary N) is 1. The van der Waals surface area contributed by atoms with Crippen molar-refractivity contribution >= 4 is 27.6 Å². The van der Waals surface area contributed by atoms with Crippen molar-refractivity contribution in [2.45, 2.75) is 26.0 Å². The van der Waals surface area contributed by atoms with Crippen LogP contribution in [0.1, 0.15) is 13.8 Å². The molecule has 1 heterocycles. The molecule has 0 unspecified atom stereocenters. The van der Waals surface area contributed by atoms with E-state index in [4.69, 9.17) is 4.74 Å². The Kier molecular flexibility index (Phi) is 4.42. The number of urea groups is 1. The number of nitrogens with zero attached hydrogens (tertiary/aromatic N) is 1. The summed E-state index contributed by atoms with van der Waals surface area (Å²) >= 11 is 3.29. The number of benzene rings is 1. The van der Waals surface area contributed by atoms with Gasteiger partial charge in [-0.15, -0.1) is 0 Å². The molecule has 1 N–H and O–H groups in total. The van der Waals surface area contributed by atoms with Crippen molar-refractivity contribution in [3.8, 4) is 0 Å². The standard InChI is InChI=1S/C13H16BrFN2O2/c1-8-9(2)19-6-5-17(8)13(18)16-12-7-10(15)3-4-11(12)14/h3-4,7-9H,5-6H2,1-2H3,(H,16,18)/t8-,9+/m0/s1. The molecule has 1 aliphatic rings. The highest BCUT2D eigenvalue weighted by atomic mass is 79.9. The number of hydrogen-bond donors (Lipinski definition) is 1. The first-order chi connectivity index (χ1) is 8.99. The maximum Gasteiger partial charge on any atom is 0.322 e. The maximum absolute atomic E-state index is 13.2. The Bertz CT molecular complexity index is 484. The van der Waals surface area contributed by atoms with Gasteiger partial charge >= 0.3 is 6.03 Å². The van der Waals surface area contributed by atoms with Crippen LogP contribution in [0.2, 0.25) is 0 Å². The summed E-state index contributed by atoms with van der Waals surface area (Å²) in [7, 11) is 0. The summed E-state index contributed by atoms with van der Waals surface area (Å²) in [5, 5.41) is 2.72. The zero-order chi connectivity index (χ0) is 14.0. The zero-order valence-electron chi connectivity index (χ0n) is 10.8.